The fourth-order valence-electron chi connectivity index (χ4n) is 2.39. The van der Waals surface area contributed by atoms with Crippen LogP contribution in [0.3, 0.4) is 0 Å². The van der Waals surface area contributed by atoms with Gasteiger partial charge < -0.3 is 24.1 Å². The van der Waals surface area contributed by atoms with Crippen molar-refractivity contribution in [2.45, 2.75) is 13.3 Å². The first-order valence-corrected chi connectivity index (χ1v) is 9.15. The van der Waals surface area contributed by atoms with Gasteiger partial charge in [0.2, 0.25) is 0 Å². The molecule has 0 bridgehead atoms. The topological polar surface area (TPSA) is 116 Å². The summed E-state index contributed by atoms with van der Waals surface area (Å²) < 4.78 is 21.2. The molecule has 1 amide bonds. The molecule has 0 saturated heterocycles. The number of rotatable bonds is 11. The predicted octanol–water partition coefficient (Wildman–Crippen LogP) is 2.72. The number of carbonyl (C=O) groups is 2. The van der Waals surface area contributed by atoms with E-state index in [0.717, 1.165) is 6.42 Å². The Morgan fingerprint density at radius 2 is 1.67 bits per heavy atom. The van der Waals surface area contributed by atoms with Crippen molar-refractivity contribution in [1.29, 1.82) is 0 Å². The number of nitrogens with one attached hydrogen (secondary N) is 1. The molecule has 2 rings (SSSR count). The molecule has 0 aliphatic carbocycles. The first-order chi connectivity index (χ1) is 14.5. The zero-order chi connectivity index (χ0) is 21.9. The summed E-state index contributed by atoms with van der Waals surface area (Å²) in [5.41, 5.74) is 3.42. The highest BCUT2D eigenvalue weighted by Gasteiger charge is 2.11. The fourth-order valence-corrected chi connectivity index (χ4v) is 2.39. The lowest BCUT2D eigenvalue weighted by Crippen LogP contribution is -2.17. The van der Waals surface area contributed by atoms with E-state index in [9.17, 15) is 9.59 Å². The van der Waals surface area contributed by atoms with Crippen LogP contribution in [0, 0.1) is 0 Å². The van der Waals surface area contributed by atoms with Crippen molar-refractivity contribution in [2.75, 3.05) is 27.4 Å². The molecule has 0 heterocycles. The zero-order valence-electron chi connectivity index (χ0n) is 17.0. The largest absolute Gasteiger partial charge is 0.493 e. The zero-order valence-corrected chi connectivity index (χ0v) is 17.0. The second kappa shape index (κ2) is 11.3. The third-order valence-corrected chi connectivity index (χ3v) is 3.81. The van der Waals surface area contributed by atoms with Gasteiger partial charge in [0.05, 0.1) is 27.0 Å². The maximum Gasteiger partial charge on any atom is 0.341 e. The van der Waals surface area contributed by atoms with Gasteiger partial charge in [0.25, 0.3) is 5.91 Å². The van der Waals surface area contributed by atoms with Crippen LogP contribution >= 0.6 is 0 Å². The average Bonchev–Trinajstić information content (AvgIpc) is 2.76. The van der Waals surface area contributed by atoms with E-state index in [1.54, 1.807) is 36.4 Å². The summed E-state index contributed by atoms with van der Waals surface area (Å²) in [6.45, 7) is 2.07. The molecule has 0 saturated carbocycles. The van der Waals surface area contributed by atoms with E-state index in [-0.39, 0.29) is 0 Å². The molecule has 30 heavy (non-hydrogen) atoms. The summed E-state index contributed by atoms with van der Waals surface area (Å²) in [4.78, 5) is 23.0. The molecule has 0 spiro atoms. The summed E-state index contributed by atoms with van der Waals surface area (Å²) in [6, 6.07) is 9.69. The molecule has 2 N–H and O–H groups in total. The summed E-state index contributed by atoms with van der Waals surface area (Å²) >= 11 is 0. The van der Waals surface area contributed by atoms with Crippen molar-refractivity contribution < 1.29 is 33.6 Å². The smallest absolute Gasteiger partial charge is 0.341 e. The van der Waals surface area contributed by atoms with Crippen LogP contribution in [-0.4, -0.2) is 50.6 Å². The minimum Gasteiger partial charge on any atom is -0.493 e. The molecule has 2 aromatic rings. The van der Waals surface area contributed by atoms with Gasteiger partial charge in [-0.1, -0.05) is 6.92 Å². The predicted molar refractivity (Wildman–Crippen MR) is 110 cm³/mol. The van der Waals surface area contributed by atoms with E-state index < -0.39 is 18.5 Å². The molecule has 160 valence electrons. The first-order valence-electron chi connectivity index (χ1n) is 9.15. The van der Waals surface area contributed by atoms with Crippen molar-refractivity contribution in [3.63, 3.8) is 0 Å². The minimum absolute atomic E-state index is 0.290. The molecule has 0 aliphatic rings. The molecule has 9 heteroatoms. The second-order valence-electron chi connectivity index (χ2n) is 6.01. The molecule has 0 fully saturated rings. The summed E-state index contributed by atoms with van der Waals surface area (Å²) in [6.07, 6.45) is 2.29. The number of benzene rings is 2. The summed E-state index contributed by atoms with van der Waals surface area (Å²) in [7, 11) is 2.94. The van der Waals surface area contributed by atoms with Gasteiger partial charge in [0.15, 0.2) is 29.6 Å². The Balaban J connectivity index is 2.04. The van der Waals surface area contributed by atoms with Crippen molar-refractivity contribution in [1.82, 2.24) is 5.43 Å². The minimum atomic E-state index is -1.09. The lowest BCUT2D eigenvalue weighted by Gasteiger charge is -2.11. The van der Waals surface area contributed by atoms with Gasteiger partial charge in [0, 0.05) is 5.56 Å². The van der Waals surface area contributed by atoms with Crippen LogP contribution < -0.4 is 24.4 Å². The summed E-state index contributed by atoms with van der Waals surface area (Å²) in [5, 5.41) is 12.6. The number of carboxylic acid groups (broad SMARTS) is 1. The third-order valence-electron chi connectivity index (χ3n) is 3.81. The highest BCUT2D eigenvalue weighted by molar-refractivity contribution is 5.95. The van der Waals surface area contributed by atoms with Crippen LogP contribution in [0.15, 0.2) is 41.5 Å². The highest BCUT2D eigenvalue weighted by Crippen LogP contribution is 2.29. The number of amides is 1. The Labute approximate surface area is 174 Å². The van der Waals surface area contributed by atoms with E-state index in [2.05, 4.69) is 10.5 Å². The fraction of sp³-hybridized carbons (Fsp3) is 0.286. The van der Waals surface area contributed by atoms with Crippen LogP contribution in [0.4, 0.5) is 0 Å². The monoisotopic (exact) mass is 416 g/mol. The van der Waals surface area contributed by atoms with E-state index in [0.29, 0.717) is 40.7 Å². The average molecular weight is 416 g/mol. The van der Waals surface area contributed by atoms with Gasteiger partial charge in [-0.15, -0.1) is 0 Å². The summed E-state index contributed by atoms with van der Waals surface area (Å²) in [5.74, 6) is 0.155. The molecule has 0 aromatic heterocycles. The number of hydrazone groups is 1. The Morgan fingerprint density at radius 1 is 1.00 bits per heavy atom. The Hall–Kier alpha value is -3.75. The van der Waals surface area contributed by atoms with Gasteiger partial charge >= 0.3 is 5.97 Å². The molecule has 0 atom stereocenters. The maximum atomic E-state index is 12.3. The van der Waals surface area contributed by atoms with Crippen LogP contribution in [-0.2, 0) is 4.79 Å². The van der Waals surface area contributed by atoms with Crippen LogP contribution in [0.2, 0.25) is 0 Å². The van der Waals surface area contributed by atoms with Crippen molar-refractivity contribution in [3.8, 4) is 23.0 Å². The number of ether oxygens (including phenoxy) is 4. The van der Waals surface area contributed by atoms with E-state index in [4.69, 9.17) is 24.1 Å². The van der Waals surface area contributed by atoms with E-state index in [1.165, 1.54) is 20.4 Å². The van der Waals surface area contributed by atoms with Gasteiger partial charge in [-0.05, 0) is 48.4 Å². The Bertz CT molecular complexity index is 912. The standard InChI is InChI=1S/C21H24N2O7/c1-4-9-29-16-8-6-15(11-19(16)28-3)21(26)23-22-12-14-5-7-17(18(10-14)27-2)30-13-20(24)25/h5-8,10-12H,4,9,13H2,1-3H3,(H,23,26)(H,24,25)/b22-12+. The lowest BCUT2D eigenvalue weighted by molar-refractivity contribution is -0.139. The SMILES string of the molecule is CCCOc1ccc(C(=O)N/N=C/c2ccc(OCC(=O)O)c(OC)c2)cc1OC. The van der Waals surface area contributed by atoms with Crippen LogP contribution in [0.5, 0.6) is 23.0 Å². The molecule has 0 unspecified atom stereocenters. The van der Waals surface area contributed by atoms with Gasteiger partial charge in [-0.3, -0.25) is 4.79 Å². The van der Waals surface area contributed by atoms with Gasteiger partial charge in [-0.25, -0.2) is 10.2 Å². The van der Waals surface area contributed by atoms with Gasteiger partial charge in [-0.2, -0.15) is 5.10 Å². The molecular weight excluding hydrogens is 392 g/mol. The molecule has 2 aromatic carbocycles. The molecule has 9 nitrogen and oxygen atoms in total. The molecular formula is C21H24N2O7. The number of carboxylic acids is 1. The lowest BCUT2D eigenvalue weighted by atomic mass is 10.2. The van der Waals surface area contributed by atoms with Crippen molar-refractivity contribution >= 4 is 18.1 Å². The Morgan fingerprint density at radius 3 is 2.33 bits per heavy atom. The first kappa shape index (κ1) is 22.5. The van der Waals surface area contributed by atoms with Crippen molar-refractivity contribution in [2.24, 2.45) is 5.10 Å². The number of methoxy groups -OCH3 is 2. The normalized spacial score (nSPS) is 10.5. The van der Waals surface area contributed by atoms with Crippen LogP contribution in [0.1, 0.15) is 29.3 Å². The van der Waals surface area contributed by atoms with Crippen molar-refractivity contribution in [3.05, 3.63) is 47.5 Å². The second-order valence-corrected chi connectivity index (χ2v) is 6.01. The third kappa shape index (κ3) is 6.40. The quantitative estimate of drug-likeness (QED) is 0.427. The highest BCUT2D eigenvalue weighted by atomic mass is 16.5. The van der Waals surface area contributed by atoms with E-state index in [1.807, 2.05) is 6.92 Å². The number of carbonyl (C=O) groups excluding carboxylic acids is 1. The number of hydrogen-bond acceptors (Lipinski definition) is 7. The Kier molecular flexibility index (Phi) is 8.49. The maximum absolute atomic E-state index is 12.3. The molecule has 0 aliphatic heterocycles. The number of aliphatic carboxylic acids is 1. The van der Waals surface area contributed by atoms with Crippen LogP contribution in [0.25, 0.3) is 0 Å². The van der Waals surface area contributed by atoms with Gasteiger partial charge in [0.1, 0.15) is 0 Å². The molecule has 0 radical (unpaired) electrons. The van der Waals surface area contributed by atoms with E-state index >= 15 is 0 Å². The number of hydrogen-bond donors (Lipinski definition) is 2. The number of nitrogens with zero attached hydrogens (tertiary/aromatic N) is 1.